The van der Waals surface area contributed by atoms with E-state index in [0.29, 0.717) is 23.0 Å². The lowest BCUT2D eigenvalue weighted by molar-refractivity contribution is 0.174. The van der Waals surface area contributed by atoms with Crippen LogP contribution in [0.3, 0.4) is 0 Å². The number of methoxy groups -OCH3 is 1. The lowest BCUT2D eigenvalue weighted by atomic mass is 10.3. The molecule has 0 spiro atoms. The van der Waals surface area contributed by atoms with Crippen molar-refractivity contribution < 1.29 is 27.4 Å². The zero-order valence-corrected chi connectivity index (χ0v) is 14.8. The van der Waals surface area contributed by atoms with Crippen molar-refractivity contribution in [3.63, 3.8) is 0 Å². The van der Waals surface area contributed by atoms with Crippen LogP contribution in [0.1, 0.15) is 0 Å². The Morgan fingerprint density at radius 3 is 2.77 bits per heavy atom. The first-order valence-corrected chi connectivity index (χ1v) is 9.19. The van der Waals surface area contributed by atoms with Crippen molar-refractivity contribution in [3.05, 3.63) is 42.5 Å². The van der Waals surface area contributed by atoms with Gasteiger partial charge in [0.2, 0.25) is 16.8 Å². The van der Waals surface area contributed by atoms with E-state index in [0.717, 1.165) is 0 Å². The Morgan fingerprint density at radius 2 is 1.92 bits per heavy atom. The first kappa shape index (κ1) is 17.9. The van der Waals surface area contributed by atoms with E-state index in [1.165, 1.54) is 19.2 Å². The highest BCUT2D eigenvalue weighted by Gasteiger charge is 2.14. The fourth-order valence-electron chi connectivity index (χ4n) is 2.18. The fourth-order valence-corrected chi connectivity index (χ4v) is 3.14. The Kier molecular flexibility index (Phi) is 5.51. The Bertz CT molecular complexity index is 946. The standard InChI is InChI=1S/C18H17NO6S/c1-22-14-5-4-6-16(11-14)26(20,21)19-9-2-3-10-23-15-7-8-17-18(12-15)25-13-24-17/h4-8,11-12,19H,9-10,13H2,1H3. The molecule has 0 amide bonds. The number of rotatable bonds is 6. The van der Waals surface area contributed by atoms with E-state index in [9.17, 15) is 8.42 Å². The number of hydrogen-bond acceptors (Lipinski definition) is 6. The smallest absolute Gasteiger partial charge is 0.241 e. The number of hydrogen-bond donors (Lipinski definition) is 1. The third-order valence-electron chi connectivity index (χ3n) is 3.48. The molecule has 0 fully saturated rings. The summed E-state index contributed by atoms with van der Waals surface area (Å²) in [4.78, 5) is 0.121. The van der Waals surface area contributed by atoms with Crippen LogP contribution in [0, 0.1) is 11.8 Å². The normalized spacial score (nSPS) is 12.2. The molecule has 0 atom stereocenters. The van der Waals surface area contributed by atoms with Crippen LogP contribution in [0.25, 0.3) is 0 Å². The number of ether oxygens (including phenoxy) is 4. The van der Waals surface area contributed by atoms with Gasteiger partial charge in [-0.25, -0.2) is 8.42 Å². The largest absolute Gasteiger partial charge is 0.497 e. The number of fused-ring (bicyclic) bond motifs is 1. The molecule has 0 radical (unpaired) electrons. The van der Waals surface area contributed by atoms with Crippen LogP contribution in [-0.2, 0) is 10.0 Å². The highest BCUT2D eigenvalue weighted by atomic mass is 32.2. The lowest BCUT2D eigenvalue weighted by Crippen LogP contribution is -2.24. The van der Waals surface area contributed by atoms with Gasteiger partial charge < -0.3 is 18.9 Å². The van der Waals surface area contributed by atoms with Gasteiger partial charge in [0.1, 0.15) is 18.1 Å². The Labute approximate surface area is 151 Å². The molecule has 8 heteroatoms. The second-order valence-electron chi connectivity index (χ2n) is 5.16. The van der Waals surface area contributed by atoms with Gasteiger partial charge >= 0.3 is 0 Å². The molecule has 26 heavy (non-hydrogen) atoms. The van der Waals surface area contributed by atoms with Crippen LogP contribution in [0.2, 0.25) is 0 Å². The number of nitrogens with one attached hydrogen (secondary N) is 1. The van der Waals surface area contributed by atoms with Crippen LogP contribution in [0.4, 0.5) is 0 Å². The van der Waals surface area contributed by atoms with E-state index in [2.05, 4.69) is 16.6 Å². The Morgan fingerprint density at radius 1 is 1.08 bits per heavy atom. The minimum Gasteiger partial charge on any atom is -0.497 e. The molecule has 0 bridgehead atoms. The van der Waals surface area contributed by atoms with Gasteiger partial charge in [0.15, 0.2) is 11.5 Å². The van der Waals surface area contributed by atoms with E-state index in [4.69, 9.17) is 18.9 Å². The van der Waals surface area contributed by atoms with Crippen LogP contribution >= 0.6 is 0 Å². The molecule has 1 aliphatic heterocycles. The second-order valence-corrected chi connectivity index (χ2v) is 6.93. The van der Waals surface area contributed by atoms with Gasteiger partial charge in [0, 0.05) is 12.1 Å². The summed E-state index contributed by atoms with van der Waals surface area (Å²) in [6.45, 7) is 0.302. The lowest BCUT2D eigenvalue weighted by Gasteiger charge is -2.05. The maximum atomic E-state index is 12.2. The molecule has 0 saturated carbocycles. The van der Waals surface area contributed by atoms with Crippen molar-refractivity contribution >= 4 is 10.0 Å². The number of benzene rings is 2. The molecule has 2 aromatic carbocycles. The van der Waals surface area contributed by atoms with Crippen LogP contribution in [0.15, 0.2) is 47.4 Å². The van der Waals surface area contributed by atoms with E-state index >= 15 is 0 Å². The van der Waals surface area contributed by atoms with E-state index in [1.807, 2.05) is 0 Å². The zero-order valence-electron chi connectivity index (χ0n) is 14.0. The minimum absolute atomic E-state index is 0.0238. The third-order valence-corrected chi connectivity index (χ3v) is 4.88. The maximum Gasteiger partial charge on any atom is 0.241 e. The molecule has 1 heterocycles. The summed E-state index contributed by atoms with van der Waals surface area (Å²) in [7, 11) is -2.17. The molecule has 7 nitrogen and oxygen atoms in total. The predicted octanol–water partition coefficient (Wildman–Crippen LogP) is 1.78. The molecular weight excluding hydrogens is 358 g/mol. The average molecular weight is 375 g/mol. The van der Waals surface area contributed by atoms with Crippen LogP contribution < -0.4 is 23.7 Å². The molecular formula is C18H17NO6S. The molecule has 1 N–H and O–H groups in total. The summed E-state index contributed by atoms with van der Waals surface area (Å²) < 4.78 is 47.7. The van der Waals surface area contributed by atoms with Gasteiger partial charge in [-0.05, 0) is 24.3 Å². The summed E-state index contributed by atoms with van der Waals surface area (Å²) in [5.41, 5.74) is 0. The molecule has 0 aromatic heterocycles. The Hall–Kier alpha value is -2.89. The van der Waals surface area contributed by atoms with E-state index in [1.54, 1.807) is 30.3 Å². The maximum absolute atomic E-state index is 12.2. The minimum atomic E-state index is -3.64. The van der Waals surface area contributed by atoms with Gasteiger partial charge in [0.05, 0.1) is 18.6 Å². The average Bonchev–Trinajstić information content (AvgIpc) is 3.12. The van der Waals surface area contributed by atoms with Crippen molar-refractivity contribution in [2.75, 3.05) is 27.1 Å². The Balaban J connectivity index is 1.49. The zero-order chi connectivity index (χ0) is 18.4. The highest BCUT2D eigenvalue weighted by molar-refractivity contribution is 7.89. The van der Waals surface area contributed by atoms with Gasteiger partial charge in [-0.2, -0.15) is 4.72 Å². The number of sulfonamides is 1. The molecule has 0 aliphatic carbocycles. The summed E-state index contributed by atoms with van der Waals surface area (Å²) >= 11 is 0. The van der Waals surface area contributed by atoms with Crippen LogP contribution in [-0.4, -0.2) is 35.5 Å². The van der Waals surface area contributed by atoms with Gasteiger partial charge in [-0.3, -0.25) is 0 Å². The van der Waals surface area contributed by atoms with Crippen LogP contribution in [0.5, 0.6) is 23.0 Å². The molecule has 136 valence electrons. The van der Waals surface area contributed by atoms with Gasteiger partial charge in [0.25, 0.3) is 0 Å². The van der Waals surface area contributed by atoms with Gasteiger partial charge in [-0.1, -0.05) is 17.9 Å². The van der Waals surface area contributed by atoms with Crippen molar-refractivity contribution in [2.45, 2.75) is 4.90 Å². The van der Waals surface area contributed by atoms with Crippen molar-refractivity contribution in [2.24, 2.45) is 0 Å². The first-order chi connectivity index (χ1) is 12.6. The second kappa shape index (κ2) is 7.99. The molecule has 2 aromatic rings. The van der Waals surface area contributed by atoms with E-state index < -0.39 is 10.0 Å². The van der Waals surface area contributed by atoms with Gasteiger partial charge in [-0.15, -0.1) is 0 Å². The quantitative estimate of drug-likeness (QED) is 0.775. The molecule has 0 unspecified atom stereocenters. The predicted molar refractivity (Wildman–Crippen MR) is 94.0 cm³/mol. The third kappa shape index (κ3) is 4.39. The highest BCUT2D eigenvalue weighted by Crippen LogP contribution is 2.34. The monoisotopic (exact) mass is 375 g/mol. The van der Waals surface area contributed by atoms with Crippen molar-refractivity contribution in [1.29, 1.82) is 0 Å². The topological polar surface area (TPSA) is 83.1 Å². The van der Waals surface area contributed by atoms with Crippen molar-refractivity contribution in [1.82, 2.24) is 4.72 Å². The summed E-state index contributed by atoms with van der Waals surface area (Å²) in [6, 6.07) is 11.4. The summed E-state index contributed by atoms with van der Waals surface area (Å²) in [6.07, 6.45) is 0. The SMILES string of the molecule is COc1cccc(S(=O)(=O)NCC#CCOc2ccc3c(c2)OCO3)c1. The molecule has 1 aliphatic rings. The summed E-state index contributed by atoms with van der Waals surface area (Å²) in [5.74, 6) is 7.83. The fraction of sp³-hybridized carbons (Fsp3) is 0.222. The first-order valence-electron chi connectivity index (χ1n) is 7.70. The summed E-state index contributed by atoms with van der Waals surface area (Å²) in [5, 5.41) is 0. The molecule has 3 rings (SSSR count). The van der Waals surface area contributed by atoms with E-state index in [-0.39, 0.29) is 24.8 Å². The van der Waals surface area contributed by atoms with Crippen molar-refractivity contribution in [3.8, 4) is 34.8 Å². The molecule has 0 saturated heterocycles.